The first-order chi connectivity index (χ1) is 17.6. The van der Waals surface area contributed by atoms with Gasteiger partial charge in [-0.1, -0.05) is 5.16 Å². The molecule has 0 amide bonds. The van der Waals surface area contributed by atoms with Crippen molar-refractivity contribution in [1.29, 1.82) is 5.26 Å². The Kier molecular flexibility index (Phi) is 5.66. The lowest BCUT2D eigenvalue weighted by Crippen LogP contribution is -2.31. The Labute approximate surface area is 207 Å². The second-order valence-corrected chi connectivity index (χ2v) is 9.44. The molecule has 182 valence electrons. The number of aromatic amines is 1. The fourth-order valence-corrected chi connectivity index (χ4v) is 5.31. The van der Waals surface area contributed by atoms with Crippen LogP contribution in [0.2, 0.25) is 0 Å². The Morgan fingerprint density at radius 3 is 2.86 bits per heavy atom. The predicted octanol–water partition coefficient (Wildman–Crippen LogP) is 4.74. The summed E-state index contributed by atoms with van der Waals surface area (Å²) in [7, 11) is 0. The fourth-order valence-electron chi connectivity index (χ4n) is 5.31. The van der Waals surface area contributed by atoms with E-state index in [4.69, 9.17) is 9.26 Å². The highest BCUT2D eigenvalue weighted by molar-refractivity contribution is 5.89. The average molecular weight is 484 g/mol. The predicted molar refractivity (Wildman–Crippen MR) is 131 cm³/mol. The number of aliphatic carboxylic acids is 1. The Balaban J connectivity index is 1.32. The number of nitriles is 1. The van der Waals surface area contributed by atoms with Crippen molar-refractivity contribution in [3.63, 3.8) is 0 Å². The molecule has 0 saturated heterocycles. The van der Waals surface area contributed by atoms with Crippen molar-refractivity contribution in [2.75, 3.05) is 6.54 Å². The van der Waals surface area contributed by atoms with Crippen molar-refractivity contribution in [2.45, 2.75) is 50.7 Å². The standard InChI is InChI=1S/C27H25N5O4/c28-14-15-9-17(11-19(10-15)35-18-3-1-2-4-18)27-31-26(32-36-27)16-5-6-22-21(12-16)20-7-8-29-23(13-24(33)34)25(20)30-22/h5-6,9-12,18,23,29-30H,1-4,7-8,13H2,(H,33,34)/t23-/m1/s1. The quantitative estimate of drug-likeness (QED) is 0.358. The second-order valence-electron chi connectivity index (χ2n) is 9.44. The van der Waals surface area contributed by atoms with Crippen LogP contribution in [0.3, 0.4) is 0 Å². The number of ether oxygens (including phenoxy) is 1. The summed E-state index contributed by atoms with van der Waals surface area (Å²) in [5, 5.41) is 27.3. The molecular formula is C27H25N5O4. The number of aromatic nitrogens is 3. The van der Waals surface area contributed by atoms with Crippen LogP contribution >= 0.6 is 0 Å². The molecule has 2 aromatic carbocycles. The van der Waals surface area contributed by atoms with Crippen molar-refractivity contribution in [3.8, 4) is 34.7 Å². The van der Waals surface area contributed by atoms with Gasteiger partial charge in [-0.15, -0.1) is 0 Å². The number of nitrogens with one attached hydrogen (secondary N) is 2. The molecule has 1 atom stereocenters. The van der Waals surface area contributed by atoms with Gasteiger partial charge in [0.05, 0.1) is 30.2 Å². The number of carboxylic acid groups (broad SMARTS) is 1. The lowest BCUT2D eigenvalue weighted by molar-refractivity contribution is -0.137. The highest BCUT2D eigenvalue weighted by Gasteiger charge is 2.26. The maximum atomic E-state index is 11.3. The number of H-pyrrole nitrogens is 1. The number of carbonyl (C=O) groups is 1. The zero-order valence-corrected chi connectivity index (χ0v) is 19.6. The SMILES string of the molecule is N#Cc1cc(OC2CCCC2)cc(-c2nc(-c3ccc4[nH]c5c(c4c3)CCN[C@@H]5CC(=O)O)no2)c1. The van der Waals surface area contributed by atoms with Gasteiger partial charge in [0.15, 0.2) is 0 Å². The van der Waals surface area contributed by atoms with Gasteiger partial charge >= 0.3 is 5.97 Å². The van der Waals surface area contributed by atoms with Crippen LogP contribution in [0, 0.1) is 11.3 Å². The van der Waals surface area contributed by atoms with E-state index in [2.05, 4.69) is 26.5 Å². The normalized spacial score (nSPS) is 17.7. The van der Waals surface area contributed by atoms with Gasteiger partial charge in [-0.3, -0.25) is 4.79 Å². The molecular weight excluding hydrogens is 458 g/mol. The molecule has 6 rings (SSSR count). The van der Waals surface area contributed by atoms with Crippen molar-refractivity contribution in [2.24, 2.45) is 0 Å². The molecule has 3 heterocycles. The molecule has 0 spiro atoms. The van der Waals surface area contributed by atoms with Gasteiger partial charge in [0.25, 0.3) is 5.89 Å². The minimum absolute atomic E-state index is 0.0229. The number of benzene rings is 2. The van der Waals surface area contributed by atoms with Crippen molar-refractivity contribution >= 4 is 16.9 Å². The second kappa shape index (κ2) is 9.13. The van der Waals surface area contributed by atoms with Crippen molar-refractivity contribution in [1.82, 2.24) is 20.4 Å². The molecule has 0 bridgehead atoms. The summed E-state index contributed by atoms with van der Waals surface area (Å²) in [4.78, 5) is 19.3. The van der Waals surface area contributed by atoms with Crippen LogP contribution in [-0.4, -0.2) is 38.8 Å². The Hall–Kier alpha value is -4.16. The largest absolute Gasteiger partial charge is 0.490 e. The third-order valence-corrected chi connectivity index (χ3v) is 7.00. The van der Waals surface area contributed by atoms with Gasteiger partial charge < -0.3 is 24.7 Å². The van der Waals surface area contributed by atoms with E-state index < -0.39 is 5.97 Å². The summed E-state index contributed by atoms with van der Waals surface area (Å²) in [5.41, 5.74) is 4.91. The lowest BCUT2D eigenvalue weighted by Gasteiger charge is -2.22. The smallest absolute Gasteiger partial charge is 0.305 e. The zero-order valence-electron chi connectivity index (χ0n) is 19.6. The Morgan fingerprint density at radius 2 is 2.06 bits per heavy atom. The van der Waals surface area contributed by atoms with Gasteiger partial charge in [0, 0.05) is 27.7 Å². The van der Waals surface area contributed by atoms with Crippen LogP contribution in [0.5, 0.6) is 5.75 Å². The van der Waals surface area contributed by atoms with Crippen molar-refractivity contribution < 1.29 is 19.2 Å². The number of hydrogen-bond acceptors (Lipinski definition) is 7. The molecule has 1 fully saturated rings. The van der Waals surface area contributed by atoms with E-state index >= 15 is 0 Å². The van der Waals surface area contributed by atoms with Gasteiger partial charge in [0.2, 0.25) is 5.82 Å². The molecule has 36 heavy (non-hydrogen) atoms. The van der Waals surface area contributed by atoms with Gasteiger partial charge in [-0.25, -0.2) is 0 Å². The van der Waals surface area contributed by atoms with Crippen LogP contribution in [0.1, 0.15) is 55.0 Å². The molecule has 3 N–H and O–H groups in total. The molecule has 1 saturated carbocycles. The van der Waals surface area contributed by atoms with Gasteiger partial charge in [-0.05, 0) is 80.6 Å². The van der Waals surface area contributed by atoms with E-state index in [1.165, 1.54) is 0 Å². The summed E-state index contributed by atoms with van der Waals surface area (Å²) in [5.74, 6) is 0.565. The number of carboxylic acids is 1. The number of nitrogens with zero attached hydrogens (tertiary/aromatic N) is 3. The van der Waals surface area contributed by atoms with E-state index in [0.717, 1.165) is 66.4 Å². The Bertz CT molecular complexity index is 1490. The molecule has 0 radical (unpaired) electrons. The van der Waals surface area contributed by atoms with Crippen LogP contribution in [0.15, 0.2) is 40.9 Å². The van der Waals surface area contributed by atoms with E-state index in [0.29, 0.717) is 28.6 Å². The van der Waals surface area contributed by atoms with Crippen LogP contribution in [0.25, 0.3) is 33.7 Å². The first-order valence-corrected chi connectivity index (χ1v) is 12.2. The maximum absolute atomic E-state index is 11.3. The molecule has 0 unspecified atom stereocenters. The third-order valence-electron chi connectivity index (χ3n) is 7.00. The number of fused-ring (bicyclic) bond motifs is 3. The van der Waals surface area contributed by atoms with Gasteiger partial charge in [0.1, 0.15) is 5.75 Å². The van der Waals surface area contributed by atoms with E-state index in [-0.39, 0.29) is 18.6 Å². The highest BCUT2D eigenvalue weighted by atomic mass is 16.5. The van der Waals surface area contributed by atoms with E-state index in [9.17, 15) is 15.2 Å². The van der Waals surface area contributed by atoms with Crippen LogP contribution in [-0.2, 0) is 11.2 Å². The van der Waals surface area contributed by atoms with Crippen LogP contribution in [0.4, 0.5) is 0 Å². The molecule has 1 aliphatic heterocycles. The molecule has 2 aromatic heterocycles. The summed E-state index contributed by atoms with van der Waals surface area (Å²) >= 11 is 0. The highest BCUT2D eigenvalue weighted by Crippen LogP contribution is 2.35. The average Bonchev–Trinajstić information content (AvgIpc) is 3.63. The van der Waals surface area contributed by atoms with E-state index in [1.807, 2.05) is 24.3 Å². The minimum atomic E-state index is -0.837. The molecule has 9 heteroatoms. The number of rotatable bonds is 6. The molecule has 1 aliphatic carbocycles. The summed E-state index contributed by atoms with van der Waals surface area (Å²) in [6, 6.07) is 13.1. The minimum Gasteiger partial charge on any atom is -0.490 e. The lowest BCUT2D eigenvalue weighted by atomic mass is 9.97. The van der Waals surface area contributed by atoms with E-state index in [1.54, 1.807) is 12.1 Å². The summed E-state index contributed by atoms with van der Waals surface area (Å²) in [6.45, 7) is 0.717. The fraction of sp³-hybridized carbons (Fsp3) is 0.333. The van der Waals surface area contributed by atoms with Gasteiger partial charge in [-0.2, -0.15) is 10.2 Å². The first-order valence-electron chi connectivity index (χ1n) is 12.2. The summed E-state index contributed by atoms with van der Waals surface area (Å²) < 4.78 is 11.7. The number of hydrogen-bond donors (Lipinski definition) is 3. The zero-order chi connectivity index (χ0) is 24.6. The third kappa shape index (κ3) is 4.20. The maximum Gasteiger partial charge on any atom is 0.305 e. The molecule has 9 nitrogen and oxygen atoms in total. The molecule has 4 aromatic rings. The topological polar surface area (TPSA) is 137 Å². The molecule has 2 aliphatic rings. The Morgan fingerprint density at radius 1 is 1.19 bits per heavy atom. The summed E-state index contributed by atoms with van der Waals surface area (Å²) in [6.07, 6.45) is 5.37. The first kappa shape index (κ1) is 22.3. The monoisotopic (exact) mass is 483 g/mol. The van der Waals surface area contributed by atoms with Crippen molar-refractivity contribution in [3.05, 3.63) is 53.2 Å². The van der Waals surface area contributed by atoms with Crippen LogP contribution < -0.4 is 10.1 Å².